The summed E-state index contributed by atoms with van der Waals surface area (Å²) in [5.74, 6) is 6.81. The van der Waals surface area contributed by atoms with Gasteiger partial charge in [-0.1, -0.05) is 12.0 Å². The molecule has 0 aliphatic rings. The first kappa shape index (κ1) is 13.2. The number of benzene rings is 1. The lowest BCUT2D eigenvalue weighted by Crippen LogP contribution is -1.80. The number of aromatic amines is 1. The van der Waals surface area contributed by atoms with Gasteiger partial charge in [0.2, 0.25) is 0 Å². The van der Waals surface area contributed by atoms with Crippen LogP contribution < -0.4 is 0 Å². The van der Waals surface area contributed by atoms with Crippen LogP contribution in [0.5, 0.6) is 0 Å². The monoisotopic (exact) mass is 297 g/mol. The third-order valence-electron chi connectivity index (χ3n) is 3.50. The molecule has 0 fully saturated rings. The summed E-state index contributed by atoms with van der Waals surface area (Å²) in [4.78, 5) is 19.6. The SMILES string of the molecule is C=Nc1ncnc2[nH]c(C#Cc3ccc4ncccc4c3)cc12. The zero-order valence-electron chi connectivity index (χ0n) is 12.1. The van der Waals surface area contributed by atoms with Gasteiger partial charge < -0.3 is 4.98 Å². The highest BCUT2D eigenvalue weighted by molar-refractivity contribution is 5.87. The minimum Gasteiger partial charge on any atom is -0.333 e. The van der Waals surface area contributed by atoms with Gasteiger partial charge in [-0.25, -0.2) is 15.0 Å². The fourth-order valence-electron chi connectivity index (χ4n) is 2.41. The zero-order valence-corrected chi connectivity index (χ0v) is 12.1. The topological polar surface area (TPSA) is 66.8 Å². The maximum atomic E-state index is 4.30. The van der Waals surface area contributed by atoms with Gasteiger partial charge in [0.05, 0.1) is 16.6 Å². The van der Waals surface area contributed by atoms with Crippen LogP contribution in [0.2, 0.25) is 0 Å². The van der Waals surface area contributed by atoms with E-state index >= 15 is 0 Å². The van der Waals surface area contributed by atoms with Crippen molar-refractivity contribution in [2.24, 2.45) is 4.99 Å². The van der Waals surface area contributed by atoms with Crippen LogP contribution in [0.1, 0.15) is 11.3 Å². The average molecular weight is 297 g/mol. The van der Waals surface area contributed by atoms with Gasteiger partial charge >= 0.3 is 0 Å². The lowest BCUT2D eigenvalue weighted by atomic mass is 10.1. The maximum Gasteiger partial charge on any atom is 0.164 e. The van der Waals surface area contributed by atoms with Gasteiger partial charge in [0.1, 0.15) is 12.0 Å². The van der Waals surface area contributed by atoms with Gasteiger partial charge in [-0.3, -0.25) is 4.98 Å². The molecule has 1 N–H and O–H groups in total. The third-order valence-corrected chi connectivity index (χ3v) is 3.50. The van der Waals surface area contributed by atoms with Gasteiger partial charge in [0.25, 0.3) is 0 Å². The van der Waals surface area contributed by atoms with Crippen molar-refractivity contribution in [1.82, 2.24) is 19.9 Å². The number of fused-ring (bicyclic) bond motifs is 2. The lowest BCUT2D eigenvalue weighted by molar-refractivity contribution is 1.18. The first-order valence-electron chi connectivity index (χ1n) is 7.01. The molecule has 0 amide bonds. The molecule has 23 heavy (non-hydrogen) atoms. The van der Waals surface area contributed by atoms with Crippen molar-refractivity contribution in [3.05, 3.63) is 60.2 Å². The fourth-order valence-corrected chi connectivity index (χ4v) is 2.41. The predicted octanol–water partition coefficient (Wildman–Crippen LogP) is 3.24. The maximum absolute atomic E-state index is 4.30. The van der Waals surface area contributed by atoms with Crippen molar-refractivity contribution < 1.29 is 0 Å². The number of pyridine rings is 1. The quantitative estimate of drug-likeness (QED) is 0.433. The minimum atomic E-state index is 0.552. The summed E-state index contributed by atoms with van der Waals surface area (Å²) in [5, 5.41) is 1.88. The van der Waals surface area contributed by atoms with Crippen LogP contribution in [0, 0.1) is 11.8 Å². The van der Waals surface area contributed by atoms with E-state index < -0.39 is 0 Å². The van der Waals surface area contributed by atoms with E-state index in [2.05, 4.69) is 43.5 Å². The summed E-state index contributed by atoms with van der Waals surface area (Å²) in [6, 6.07) is 11.8. The molecule has 0 bridgehead atoms. The van der Waals surface area contributed by atoms with E-state index in [0.29, 0.717) is 11.5 Å². The van der Waals surface area contributed by atoms with Crippen molar-refractivity contribution in [3.8, 4) is 11.8 Å². The van der Waals surface area contributed by atoms with Crippen molar-refractivity contribution >= 4 is 34.5 Å². The molecule has 3 aromatic heterocycles. The Bertz CT molecular complexity index is 1100. The Morgan fingerprint density at radius 1 is 1.04 bits per heavy atom. The van der Waals surface area contributed by atoms with E-state index in [1.807, 2.05) is 36.4 Å². The van der Waals surface area contributed by atoms with Crippen LogP contribution >= 0.6 is 0 Å². The largest absolute Gasteiger partial charge is 0.333 e. The number of nitrogens with one attached hydrogen (secondary N) is 1. The summed E-state index contributed by atoms with van der Waals surface area (Å²) in [7, 11) is 0. The number of aromatic nitrogens is 4. The van der Waals surface area contributed by atoms with Gasteiger partial charge in [-0.2, -0.15) is 0 Å². The third kappa shape index (κ3) is 2.43. The molecule has 0 saturated carbocycles. The number of H-pyrrole nitrogens is 1. The number of rotatable bonds is 1. The van der Waals surface area contributed by atoms with Gasteiger partial charge in [0, 0.05) is 17.1 Å². The van der Waals surface area contributed by atoms with E-state index in [1.54, 1.807) is 6.20 Å². The van der Waals surface area contributed by atoms with Crippen LogP contribution in [-0.2, 0) is 0 Å². The molecule has 4 rings (SSSR count). The molecule has 1 aromatic carbocycles. The molecule has 0 unspecified atom stereocenters. The van der Waals surface area contributed by atoms with Crippen LogP contribution in [0.4, 0.5) is 5.82 Å². The fraction of sp³-hybridized carbons (Fsp3) is 0. The highest BCUT2D eigenvalue weighted by Gasteiger charge is 2.05. The first-order valence-corrected chi connectivity index (χ1v) is 7.01. The van der Waals surface area contributed by atoms with Crippen LogP contribution in [0.15, 0.2) is 53.9 Å². The Morgan fingerprint density at radius 3 is 2.91 bits per heavy atom. The van der Waals surface area contributed by atoms with E-state index in [0.717, 1.165) is 27.5 Å². The molecule has 0 atom stereocenters. The van der Waals surface area contributed by atoms with Crippen LogP contribution in [0.25, 0.3) is 21.9 Å². The van der Waals surface area contributed by atoms with Crippen molar-refractivity contribution in [3.63, 3.8) is 0 Å². The Balaban J connectivity index is 1.75. The molecular weight excluding hydrogens is 286 g/mol. The molecule has 0 saturated heterocycles. The molecule has 108 valence electrons. The highest BCUT2D eigenvalue weighted by Crippen LogP contribution is 2.21. The summed E-state index contributed by atoms with van der Waals surface area (Å²) < 4.78 is 0. The smallest absolute Gasteiger partial charge is 0.164 e. The van der Waals surface area contributed by atoms with Gasteiger partial charge in [0.15, 0.2) is 5.82 Å². The molecule has 0 aliphatic heterocycles. The molecule has 3 heterocycles. The minimum absolute atomic E-state index is 0.552. The Hall–Kier alpha value is -3.52. The first-order chi connectivity index (χ1) is 11.3. The normalized spacial score (nSPS) is 10.4. The lowest BCUT2D eigenvalue weighted by Gasteiger charge is -1.96. The average Bonchev–Trinajstić information content (AvgIpc) is 3.02. The molecule has 5 nitrogen and oxygen atoms in total. The molecule has 0 spiro atoms. The summed E-state index contributed by atoms with van der Waals surface area (Å²) in [6.45, 7) is 3.52. The summed E-state index contributed by atoms with van der Waals surface area (Å²) in [6.07, 6.45) is 3.24. The molecule has 4 aromatic rings. The number of aliphatic imine (C=N–C) groups is 1. The zero-order chi connectivity index (χ0) is 15.6. The molecule has 0 aliphatic carbocycles. The van der Waals surface area contributed by atoms with Crippen LogP contribution in [-0.4, -0.2) is 26.7 Å². The Labute approximate surface area is 132 Å². The number of nitrogens with zero attached hydrogens (tertiary/aromatic N) is 4. The molecular formula is C18H11N5. The second-order valence-corrected chi connectivity index (χ2v) is 4.96. The van der Waals surface area contributed by atoms with Crippen LogP contribution in [0.3, 0.4) is 0 Å². The summed E-state index contributed by atoms with van der Waals surface area (Å²) >= 11 is 0. The second kappa shape index (κ2) is 5.35. The standard InChI is InChI=1S/C18H11N5/c1-19-17-15-10-14(23-18(15)22-11-21-17)6-4-12-5-7-16-13(9-12)3-2-8-20-16/h2-3,5,7-11H,1H2,(H,21,22,23). The number of hydrogen-bond acceptors (Lipinski definition) is 4. The summed E-state index contributed by atoms with van der Waals surface area (Å²) in [5.41, 5.74) is 3.35. The van der Waals surface area contributed by atoms with Gasteiger partial charge in [-0.15, -0.1) is 0 Å². The Kier molecular flexibility index (Phi) is 3.06. The van der Waals surface area contributed by atoms with Gasteiger partial charge in [-0.05, 0) is 43.0 Å². The molecule has 5 heteroatoms. The predicted molar refractivity (Wildman–Crippen MR) is 90.8 cm³/mol. The number of hydrogen-bond donors (Lipinski definition) is 1. The van der Waals surface area contributed by atoms with E-state index in [1.165, 1.54) is 6.33 Å². The highest BCUT2D eigenvalue weighted by atomic mass is 15.0. The molecule has 0 radical (unpaired) electrons. The van der Waals surface area contributed by atoms with E-state index in [4.69, 9.17) is 0 Å². The van der Waals surface area contributed by atoms with Crippen molar-refractivity contribution in [1.29, 1.82) is 0 Å². The van der Waals surface area contributed by atoms with Crippen molar-refractivity contribution in [2.45, 2.75) is 0 Å². The van der Waals surface area contributed by atoms with E-state index in [9.17, 15) is 0 Å². The van der Waals surface area contributed by atoms with E-state index in [-0.39, 0.29) is 0 Å². The van der Waals surface area contributed by atoms with Crippen molar-refractivity contribution in [2.75, 3.05) is 0 Å². The second-order valence-electron chi connectivity index (χ2n) is 4.96. The Morgan fingerprint density at radius 2 is 2.00 bits per heavy atom.